The monoisotopic (exact) mass is 876 g/mol. The van der Waals surface area contributed by atoms with E-state index in [9.17, 15) is 29.4 Å². The third kappa shape index (κ3) is 8.22. The number of ether oxygens (including phenoxy) is 2. The summed E-state index contributed by atoms with van der Waals surface area (Å²) in [6, 6.07) is 53.4. The lowest BCUT2D eigenvalue weighted by molar-refractivity contribution is 0.0683. The number of aromatic carboxylic acids is 2. The molecule has 1 aliphatic rings. The van der Waals surface area contributed by atoms with Crippen molar-refractivity contribution in [2.75, 3.05) is 10.6 Å². The quantitative estimate of drug-likeness (QED) is 0.0886. The Kier molecular flexibility index (Phi) is 11.4. The first-order valence-corrected chi connectivity index (χ1v) is 20.8. The van der Waals surface area contributed by atoms with E-state index >= 15 is 0 Å². The molecule has 4 N–H and O–H groups in total. The first-order chi connectivity index (χ1) is 32.5. The van der Waals surface area contributed by atoms with Crippen molar-refractivity contribution in [3.63, 3.8) is 0 Å². The normalized spacial score (nSPS) is 11.7. The lowest BCUT2D eigenvalue weighted by Gasteiger charge is -2.34. The van der Waals surface area contributed by atoms with E-state index in [-0.39, 0.29) is 33.8 Å². The van der Waals surface area contributed by atoms with Crippen LogP contribution in [0.5, 0.6) is 23.0 Å². The minimum atomic E-state index is -1.27. The molecular weight excluding hydrogens is 841 g/mol. The zero-order valence-corrected chi connectivity index (χ0v) is 35.3. The van der Waals surface area contributed by atoms with E-state index < -0.39 is 29.2 Å². The predicted octanol–water partition coefficient (Wildman–Crippen LogP) is 11.5. The van der Waals surface area contributed by atoms with Crippen molar-refractivity contribution in [1.29, 1.82) is 0 Å². The van der Waals surface area contributed by atoms with Gasteiger partial charge in [-0.15, -0.1) is 12.8 Å². The third-order valence-corrected chi connectivity index (χ3v) is 11.5. The zero-order valence-electron chi connectivity index (χ0n) is 35.3. The van der Waals surface area contributed by atoms with Gasteiger partial charge < -0.3 is 30.3 Å². The Bertz CT molecular complexity index is 3120. The molecule has 0 unspecified atom stereocenters. The molecule has 8 aromatic carbocycles. The van der Waals surface area contributed by atoms with Gasteiger partial charge >= 0.3 is 11.9 Å². The molecule has 0 aliphatic heterocycles. The highest BCUT2D eigenvalue weighted by Crippen LogP contribution is 2.56. The number of hydrogen-bond donors (Lipinski definition) is 4. The zero-order chi connectivity index (χ0) is 46.7. The minimum Gasteiger partial charge on any atom is -0.478 e. The van der Waals surface area contributed by atoms with Gasteiger partial charge in [-0.2, -0.15) is 0 Å². The Balaban J connectivity index is 1.03. The van der Waals surface area contributed by atoms with Crippen LogP contribution in [0.15, 0.2) is 182 Å². The SMILES string of the molecule is C#Cc1ccc(NC(=O)c2cc(Oc3ccc(C4(c5ccc(Oc6ccc(C(=O)O)c(C(=O)Nc7ccc(C#C)cc7)c6)cc5)c5ccccc5-c5ccccc54)cc3)ccc2C(=O)O)cc1. The number of fused-ring (bicyclic) bond motifs is 3. The third-order valence-electron chi connectivity index (χ3n) is 11.5. The molecule has 0 aromatic heterocycles. The van der Waals surface area contributed by atoms with Gasteiger partial charge in [-0.25, -0.2) is 9.59 Å². The van der Waals surface area contributed by atoms with Gasteiger partial charge in [0.25, 0.3) is 11.8 Å². The van der Waals surface area contributed by atoms with Crippen molar-refractivity contribution in [2.24, 2.45) is 0 Å². The molecule has 10 nitrogen and oxygen atoms in total. The average molecular weight is 877 g/mol. The standard InChI is InChI=1S/C57H36N2O8/c1-3-35-13-21-39(22-14-35)58-53(60)49-33-43(29-31-47(49)55(62)63)66-41-25-17-37(18-26-41)57(51-11-7-5-9-45(51)46-10-6-8-12-52(46)57)38-19-27-42(28-20-38)67-44-30-32-48(56(64)65)50(34-44)54(61)59-40-23-15-36(4-2)16-24-40/h1-2,5-34H,(H,58,60)(H,59,61)(H,62,63)(H,64,65). The second-order valence-electron chi connectivity index (χ2n) is 15.5. The maximum atomic E-state index is 13.4. The van der Waals surface area contributed by atoms with Crippen LogP contribution in [-0.4, -0.2) is 34.0 Å². The number of terminal acetylenes is 2. The number of anilines is 2. The van der Waals surface area contributed by atoms with Crippen LogP contribution in [0.2, 0.25) is 0 Å². The van der Waals surface area contributed by atoms with E-state index in [0.29, 0.717) is 34.0 Å². The molecule has 2 amide bonds. The Hall–Kier alpha value is -9.64. The van der Waals surface area contributed by atoms with Crippen molar-refractivity contribution >= 4 is 35.1 Å². The lowest BCUT2D eigenvalue weighted by Crippen LogP contribution is -2.28. The molecule has 0 radical (unpaired) electrons. The Morgan fingerprint density at radius 1 is 0.433 bits per heavy atom. The summed E-state index contributed by atoms with van der Waals surface area (Å²) in [7, 11) is 0. The van der Waals surface area contributed by atoms with E-state index in [1.807, 2.05) is 72.8 Å². The first kappa shape index (κ1) is 42.7. The summed E-state index contributed by atoms with van der Waals surface area (Å²) in [4.78, 5) is 51.1. The molecule has 0 heterocycles. The van der Waals surface area contributed by atoms with Crippen LogP contribution in [0.1, 0.15) is 74.8 Å². The molecule has 0 saturated carbocycles. The Labute approximate surface area is 385 Å². The molecule has 8 aromatic rings. The van der Waals surface area contributed by atoms with Crippen LogP contribution in [0, 0.1) is 24.7 Å². The molecule has 0 atom stereocenters. The summed E-state index contributed by atoms with van der Waals surface area (Å²) < 4.78 is 12.5. The number of carbonyl (C=O) groups is 4. The van der Waals surface area contributed by atoms with Gasteiger partial charge in [-0.3, -0.25) is 9.59 Å². The highest BCUT2D eigenvalue weighted by molar-refractivity contribution is 6.12. The Morgan fingerprint density at radius 3 is 1.15 bits per heavy atom. The van der Waals surface area contributed by atoms with E-state index in [4.69, 9.17) is 22.3 Å². The minimum absolute atomic E-state index is 0.0837. The number of amides is 2. The fourth-order valence-electron chi connectivity index (χ4n) is 8.46. The second kappa shape index (κ2) is 17.9. The van der Waals surface area contributed by atoms with Crippen LogP contribution < -0.4 is 20.1 Å². The maximum absolute atomic E-state index is 13.4. The summed E-state index contributed by atoms with van der Waals surface area (Å²) in [5.41, 5.74) is 6.93. The molecule has 9 rings (SSSR count). The van der Waals surface area contributed by atoms with Gasteiger partial charge in [0, 0.05) is 22.5 Å². The van der Waals surface area contributed by atoms with Gasteiger partial charge in [0.05, 0.1) is 27.7 Å². The number of carbonyl (C=O) groups excluding carboxylic acids is 2. The number of rotatable bonds is 12. The number of carboxylic acids is 2. The molecule has 67 heavy (non-hydrogen) atoms. The number of hydrogen-bond acceptors (Lipinski definition) is 6. The fourth-order valence-corrected chi connectivity index (χ4v) is 8.46. The van der Waals surface area contributed by atoms with Crippen molar-refractivity contribution in [3.8, 4) is 58.8 Å². The summed E-state index contributed by atoms with van der Waals surface area (Å²) in [6.07, 6.45) is 10.9. The van der Waals surface area contributed by atoms with E-state index in [2.05, 4.69) is 46.7 Å². The highest BCUT2D eigenvalue weighted by Gasteiger charge is 2.46. The van der Waals surface area contributed by atoms with Crippen molar-refractivity contribution < 1.29 is 38.9 Å². The highest BCUT2D eigenvalue weighted by atomic mass is 16.5. The molecule has 0 saturated heterocycles. The summed E-state index contributed by atoms with van der Waals surface area (Å²) in [6.45, 7) is 0. The first-order valence-electron chi connectivity index (χ1n) is 20.8. The summed E-state index contributed by atoms with van der Waals surface area (Å²) >= 11 is 0. The molecule has 1 aliphatic carbocycles. The second-order valence-corrected chi connectivity index (χ2v) is 15.5. The molecule has 0 fully saturated rings. The maximum Gasteiger partial charge on any atom is 0.336 e. The van der Waals surface area contributed by atoms with Crippen LogP contribution in [0.25, 0.3) is 11.1 Å². The van der Waals surface area contributed by atoms with Gasteiger partial charge in [0.1, 0.15) is 23.0 Å². The fraction of sp³-hybridized carbons (Fsp3) is 0.0175. The lowest BCUT2D eigenvalue weighted by atomic mass is 9.68. The summed E-state index contributed by atoms with van der Waals surface area (Å²) in [5.74, 6) is 2.66. The number of benzene rings is 8. The predicted molar refractivity (Wildman–Crippen MR) is 255 cm³/mol. The topological polar surface area (TPSA) is 151 Å². The van der Waals surface area contributed by atoms with Crippen LogP contribution in [-0.2, 0) is 5.41 Å². The van der Waals surface area contributed by atoms with Crippen LogP contribution >= 0.6 is 0 Å². The molecule has 0 bridgehead atoms. The van der Waals surface area contributed by atoms with E-state index in [1.54, 1.807) is 48.5 Å². The smallest absolute Gasteiger partial charge is 0.336 e. The summed E-state index contributed by atoms with van der Waals surface area (Å²) in [5, 5.41) is 25.3. The average Bonchev–Trinajstić information content (AvgIpc) is 3.65. The molecule has 0 spiro atoms. The Morgan fingerprint density at radius 2 is 0.791 bits per heavy atom. The molecule has 322 valence electrons. The van der Waals surface area contributed by atoms with E-state index in [1.165, 1.54) is 36.4 Å². The largest absolute Gasteiger partial charge is 0.478 e. The van der Waals surface area contributed by atoms with Crippen molar-refractivity contribution in [2.45, 2.75) is 5.41 Å². The van der Waals surface area contributed by atoms with Gasteiger partial charge in [-0.1, -0.05) is 84.6 Å². The van der Waals surface area contributed by atoms with Crippen molar-refractivity contribution in [3.05, 3.63) is 238 Å². The van der Waals surface area contributed by atoms with Crippen LogP contribution in [0.3, 0.4) is 0 Å². The number of nitrogens with one attached hydrogen (secondary N) is 2. The van der Waals surface area contributed by atoms with Gasteiger partial charge in [0.15, 0.2) is 0 Å². The van der Waals surface area contributed by atoms with Gasteiger partial charge in [0.2, 0.25) is 0 Å². The van der Waals surface area contributed by atoms with Gasteiger partial charge in [-0.05, 0) is 143 Å². The molecule has 10 heteroatoms. The van der Waals surface area contributed by atoms with Crippen molar-refractivity contribution in [1.82, 2.24) is 0 Å². The van der Waals surface area contributed by atoms with E-state index in [0.717, 1.165) is 33.4 Å². The van der Waals surface area contributed by atoms with Crippen LogP contribution in [0.4, 0.5) is 11.4 Å². The number of carboxylic acid groups (broad SMARTS) is 2. The molecular formula is C57H36N2O8.